The Labute approximate surface area is 172 Å². The van der Waals surface area contributed by atoms with Gasteiger partial charge in [-0.1, -0.05) is 24.3 Å². The molecule has 2 aromatic heterocycles. The van der Waals surface area contributed by atoms with Crippen molar-refractivity contribution in [3.05, 3.63) is 72.1 Å². The molecule has 0 unspecified atom stereocenters. The van der Waals surface area contributed by atoms with Crippen LogP contribution in [0.25, 0.3) is 11.1 Å². The van der Waals surface area contributed by atoms with E-state index in [1.807, 2.05) is 12.1 Å². The molecule has 0 aliphatic heterocycles. The Hall–Kier alpha value is -3.88. The van der Waals surface area contributed by atoms with Crippen LogP contribution in [0.4, 0.5) is 4.39 Å². The Morgan fingerprint density at radius 1 is 1.13 bits per heavy atom. The molecule has 154 valence electrons. The molecular formula is C21H20FN5O3. The summed E-state index contributed by atoms with van der Waals surface area (Å²) in [4.78, 5) is 23.8. The highest BCUT2D eigenvalue weighted by atomic mass is 19.1. The van der Waals surface area contributed by atoms with Crippen molar-refractivity contribution in [2.45, 2.75) is 19.4 Å². The summed E-state index contributed by atoms with van der Waals surface area (Å²) < 4.78 is 25.3. The van der Waals surface area contributed by atoms with E-state index in [2.05, 4.69) is 15.0 Å². The monoisotopic (exact) mass is 409 g/mol. The molecule has 3 rings (SSSR count). The number of benzene rings is 1. The number of nitrogens with zero attached hydrogens (tertiary/aromatic N) is 3. The van der Waals surface area contributed by atoms with E-state index in [-0.39, 0.29) is 36.0 Å². The molecular weight excluding hydrogens is 389 g/mol. The van der Waals surface area contributed by atoms with E-state index in [4.69, 9.17) is 20.6 Å². The van der Waals surface area contributed by atoms with Crippen molar-refractivity contribution in [3.8, 4) is 17.1 Å². The number of carbonyl (C=O) groups is 1. The van der Waals surface area contributed by atoms with Crippen LogP contribution in [-0.4, -0.2) is 33.4 Å². The first kappa shape index (κ1) is 20.8. The first-order valence-corrected chi connectivity index (χ1v) is 9.13. The molecule has 0 saturated carbocycles. The smallest absolute Gasteiger partial charge is 0.316 e. The molecule has 8 nitrogen and oxygen atoms in total. The largest absolute Gasteiger partial charge is 0.463 e. The maximum absolute atomic E-state index is 14.8. The average molecular weight is 409 g/mol. The molecule has 0 atom stereocenters. The van der Waals surface area contributed by atoms with Gasteiger partial charge in [-0.3, -0.25) is 15.2 Å². The van der Waals surface area contributed by atoms with Crippen LogP contribution in [0, 0.1) is 11.2 Å². The zero-order valence-corrected chi connectivity index (χ0v) is 16.0. The summed E-state index contributed by atoms with van der Waals surface area (Å²) in [7, 11) is 0. The predicted octanol–water partition coefficient (Wildman–Crippen LogP) is 2.67. The Morgan fingerprint density at radius 3 is 2.63 bits per heavy atom. The summed E-state index contributed by atoms with van der Waals surface area (Å²) in [6.45, 7) is 0.128. The van der Waals surface area contributed by atoms with Gasteiger partial charge in [-0.2, -0.15) is 0 Å². The molecule has 9 heteroatoms. The third-order valence-electron chi connectivity index (χ3n) is 4.09. The number of pyridine rings is 1. The number of nitrogens with one attached hydrogen (secondary N) is 1. The second-order valence-corrected chi connectivity index (χ2v) is 6.36. The number of amidine groups is 1. The van der Waals surface area contributed by atoms with Gasteiger partial charge >= 0.3 is 12.0 Å². The van der Waals surface area contributed by atoms with E-state index in [1.165, 1.54) is 18.5 Å². The van der Waals surface area contributed by atoms with Crippen molar-refractivity contribution in [2.75, 3.05) is 6.61 Å². The normalized spacial score (nSPS) is 10.4. The van der Waals surface area contributed by atoms with Gasteiger partial charge in [0.15, 0.2) is 0 Å². The van der Waals surface area contributed by atoms with Crippen molar-refractivity contribution in [2.24, 2.45) is 5.73 Å². The standard InChI is InChI=1S/C21H20FN5O3/c22-20-15(13-30-19(28)9-18(23)24)4-1-5-17(20)16-11-26-21(27-12-16)29-8-6-14-3-2-7-25-10-14/h1-5,7,10-12H,6,8-9,13H2,(H3,23,24). The molecule has 1 aromatic carbocycles. The predicted molar refractivity (Wildman–Crippen MR) is 107 cm³/mol. The van der Waals surface area contributed by atoms with Crippen molar-refractivity contribution >= 4 is 11.8 Å². The van der Waals surface area contributed by atoms with Gasteiger partial charge in [0.1, 0.15) is 24.7 Å². The lowest BCUT2D eigenvalue weighted by atomic mass is 10.1. The Kier molecular flexibility index (Phi) is 6.99. The molecule has 3 N–H and O–H groups in total. The van der Waals surface area contributed by atoms with Gasteiger partial charge < -0.3 is 15.2 Å². The molecule has 30 heavy (non-hydrogen) atoms. The minimum absolute atomic E-state index is 0.192. The summed E-state index contributed by atoms with van der Waals surface area (Å²) in [5.41, 5.74) is 7.12. The zero-order valence-electron chi connectivity index (χ0n) is 16.0. The number of nitrogens with two attached hydrogens (primary N) is 1. The summed E-state index contributed by atoms with van der Waals surface area (Å²) in [6, 6.07) is 8.73. The Bertz CT molecular complexity index is 1010. The second kappa shape index (κ2) is 10.1. The lowest BCUT2D eigenvalue weighted by Crippen LogP contribution is -2.17. The number of hydrogen-bond donors (Lipinski definition) is 2. The highest BCUT2D eigenvalue weighted by Gasteiger charge is 2.13. The Balaban J connectivity index is 1.61. The molecule has 3 aromatic rings. The Morgan fingerprint density at radius 2 is 1.93 bits per heavy atom. The van der Waals surface area contributed by atoms with Gasteiger partial charge in [0.05, 0.1) is 6.61 Å². The van der Waals surface area contributed by atoms with Crippen molar-refractivity contribution in [3.63, 3.8) is 0 Å². The molecule has 0 spiro atoms. The fraction of sp³-hybridized carbons (Fsp3) is 0.190. The quantitative estimate of drug-likeness (QED) is 0.316. The molecule has 0 amide bonds. The van der Waals surface area contributed by atoms with Crippen LogP contribution < -0.4 is 10.5 Å². The van der Waals surface area contributed by atoms with E-state index in [1.54, 1.807) is 24.5 Å². The lowest BCUT2D eigenvalue weighted by Gasteiger charge is -2.10. The molecule has 0 aliphatic carbocycles. The fourth-order valence-electron chi connectivity index (χ4n) is 2.61. The van der Waals surface area contributed by atoms with E-state index in [0.29, 0.717) is 18.6 Å². The number of aromatic nitrogens is 3. The lowest BCUT2D eigenvalue weighted by molar-refractivity contribution is -0.143. The van der Waals surface area contributed by atoms with Crippen molar-refractivity contribution in [1.29, 1.82) is 5.41 Å². The van der Waals surface area contributed by atoms with Crippen LogP contribution >= 0.6 is 0 Å². The summed E-state index contributed by atoms with van der Waals surface area (Å²) >= 11 is 0. The first-order chi connectivity index (χ1) is 14.5. The van der Waals surface area contributed by atoms with Gasteiger partial charge in [-0.15, -0.1) is 0 Å². The van der Waals surface area contributed by atoms with Crippen LogP contribution in [0.2, 0.25) is 0 Å². The number of ether oxygens (including phenoxy) is 2. The van der Waals surface area contributed by atoms with Crippen molar-refractivity contribution < 1.29 is 18.7 Å². The molecule has 0 bridgehead atoms. The first-order valence-electron chi connectivity index (χ1n) is 9.13. The molecule has 0 radical (unpaired) electrons. The van der Waals surface area contributed by atoms with E-state index >= 15 is 0 Å². The molecule has 0 saturated heterocycles. The number of esters is 1. The van der Waals surface area contributed by atoms with Gasteiger partial charge in [-0.25, -0.2) is 14.4 Å². The average Bonchev–Trinajstić information content (AvgIpc) is 2.74. The van der Waals surface area contributed by atoms with Gasteiger partial charge in [0.2, 0.25) is 0 Å². The highest BCUT2D eigenvalue weighted by Crippen LogP contribution is 2.25. The van der Waals surface area contributed by atoms with Crippen LogP contribution in [0.3, 0.4) is 0 Å². The number of carbonyl (C=O) groups excluding carboxylic acids is 1. The maximum atomic E-state index is 14.8. The van der Waals surface area contributed by atoms with Gasteiger partial charge in [0.25, 0.3) is 0 Å². The third kappa shape index (κ3) is 5.81. The summed E-state index contributed by atoms with van der Waals surface area (Å²) in [6.07, 6.45) is 6.74. The maximum Gasteiger partial charge on any atom is 0.316 e. The zero-order chi connectivity index (χ0) is 21.3. The molecule has 0 fully saturated rings. The van der Waals surface area contributed by atoms with Crippen LogP contribution in [0.5, 0.6) is 6.01 Å². The number of hydrogen-bond acceptors (Lipinski definition) is 7. The van der Waals surface area contributed by atoms with E-state index in [9.17, 15) is 9.18 Å². The minimum Gasteiger partial charge on any atom is -0.463 e. The number of rotatable bonds is 9. The topological polar surface area (TPSA) is 124 Å². The van der Waals surface area contributed by atoms with Crippen LogP contribution in [-0.2, 0) is 22.6 Å². The fourth-order valence-corrected chi connectivity index (χ4v) is 2.61. The third-order valence-corrected chi connectivity index (χ3v) is 4.09. The molecule has 0 aliphatic rings. The minimum atomic E-state index is -0.691. The number of halogens is 1. The second-order valence-electron chi connectivity index (χ2n) is 6.36. The molecule has 2 heterocycles. The SMILES string of the molecule is N=C(N)CC(=O)OCc1cccc(-c2cnc(OCCc3cccnc3)nc2)c1F. The van der Waals surface area contributed by atoms with Crippen LogP contribution in [0.1, 0.15) is 17.5 Å². The highest BCUT2D eigenvalue weighted by molar-refractivity contribution is 5.94. The summed E-state index contributed by atoms with van der Waals surface area (Å²) in [5, 5.41) is 7.08. The van der Waals surface area contributed by atoms with Crippen LogP contribution in [0.15, 0.2) is 55.1 Å². The van der Waals surface area contributed by atoms with Gasteiger partial charge in [-0.05, 0) is 11.6 Å². The summed E-state index contributed by atoms with van der Waals surface area (Å²) in [5.74, 6) is -1.54. The van der Waals surface area contributed by atoms with E-state index in [0.717, 1.165) is 5.56 Å². The van der Waals surface area contributed by atoms with Crippen molar-refractivity contribution in [1.82, 2.24) is 15.0 Å². The van der Waals surface area contributed by atoms with Gasteiger partial charge in [0, 0.05) is 47.9 Å². The van der Waals surface area contributed by atoms with E-state index < -0.39 is 11.8 Å².